The van der Waals surface area contributed by atoms with Gasteiger partial charge in [0.2, 0.25) is 0 Å². The lowest BCUT2D eigenvalue weighted by molar-refractivity contribution is 0.280. The first-order valence-electron chi connectivity index (χ1n) is 6.21. The Bertz CT molecular complexity index is 412. The Morgan fingerprint density at radius 2 is 2.25 bits per heavy atom. The van der Waals surface area contributed by atoms with Gasteiger partial charge in [-0.2, -0.15) is 5.10 Å². The lowest BCUT2D eigenvalue weighted by atomic mass is 9.93. The van der Waals surface area contributed by atoms with Gasteiger partial charge >= 0.3 is 5.69 Å². The summed E-state index contributed by atoms with van der Waals surface area (Å²) in [5.41, 5.74) is -0.0225. The maximum atomic E-state index is 11.7. The van der Waals surface area contributed by atoms with Crippen molar-refractivity contribution in [2.24, 2.45) is 5.92 Å². The molecule has 5 nitrogen and oxygen atoms in total. The molecule has 0 spiro atoms. The van der Waals surface area contributed by atoms with Gasteiger partial charge in [0.05, 0.1) is 6.04 Å². The number of hydrogen-bond acceptors (Lipinski definition) is 3. The van der Waals surface area contributed by atoms with Gasteiger partial charge in [0.1, 0.15) is 5.82 Å². The van der Waals surface area contributed by atoms with Gasteiger partial charge in [-0.05, 0) is 44.7 Å². The van der Waals surface area contributed by atoms with E-state index in [9.17, 15) is 4.79 Å². The third-order valence-corrected chi connectivity index (χ3v) is 3.75. The van der Waals surface area contributed by atoms with Crippen LogP contribution in [-0.2, 0) is 6.42 Å². The van der Waals surface area contributed by atoms with Crippen molar-refractivity contribution in [3.05, 3.63) is 16.3 Å². The molecule has 2 N–H and O–H groups in total. The Labute approximate surface area is 94.2 Å². The zero-order chi connectivity index (χ0) is 11.0. The van der Waals surface area contributed by atoms with E-state index in [1.54, 1.807) is 4.68 Å². The summed E-state index contributed by atoms with van der Waals surface area (Å²) < 4.78 is 1.65. The molecule has 1 aliphatic heterocycles. The molecule has 16 heavy (non-hydrogen) atoms. The van der Waals surface area contributed by atoms with Crippen molar-refractivity contribution in [3.8, 4) is 0 Å². The highest BCUT2D eigenvalue weighted by atomic mass is 16.2. The summed E-state index contributed by atoms with van der Waals surface area (Å²) in [5.74, 6) is 1.51. The predicted octanol–water partition coefficient (Wildman–Crippen LogP) is 0.448. The van der Waals surface area contributed by atoms with Crippen molar-refractivity contribution >= 4 is 0 Å². The van der Waals surface area contributed by atoms with Gasteiger partial charge in [0, 0.05) is 6.42 Å². The molecule has 1 unspecified atom stereocenters. The molecular weight excluding hydrogens is 204 g/mol. The second-order valence-electron chi connectivity index (χ2n) is 4.97. The fourth-order valence-electron chi connectivity index (χ4n) is 2.51. The zero-order valence-electron chi connectivity index (χ0n) is 9.41. The van der Waals surface area contributed by atoms with Crippen molar-refractivity contribution in [3.63, 3.8) is 0 Å². The number of H-pyrrole nitrogens is 1. The van der Waals surface area contributed by atoms with Crippen LogP contribution < -0.4 is 11.0 Å². The second kappa shape index (κ2) is 4.05. The second-order valence-corrected chi connectivity index (χ2v) is 4.97. The van der Waals surface area contributed by atoms with E-state index in [0.29, 0.717) is 12.0 Å². The van der Waals surface area contributed by atoms with Gasteiger partial charge in [-0.15, -0.1) is 0 Å². The fraction of sp³-hybridized carbons (Fsp3) is 0.818. The largest absolute Gasteiger partial charge is 0.343 e. The lowest BCUT2D eigenvalue weighted by Crippen LogP contribution is -2.27. The summed E-state index contributed by atoms with van der Waals surface area (Å²) in [6, 6.07) is 0.360. The molecule has 0 aromatic carbocycles. The van der Waals surface area contributed by atoms with E-state index in [1.807, 2.05) is 0 Å². The minimum absolute atomic E-state index is 0.0225. The van der Waals surface area contributed by atoms with Crippen LogP contribution in [-0.4, -0.2) is 27.9 Å². The minimum Gasteiger partial charge on any atom is -0.316 e. The monoisotopic (exact) mass is 222 g/mol. The van der Waals surface area contributed by atoms with Gasteiger partial charge in [0.15, 0.2) is 0 Å². The number of nitrogens with zero attached hydrogens (tertiary/aromatic N) is 2. The van der Waals surface area contributed by atoms with Gasteiger partial charge in [0.25, 0.3) is 0 Å². The molecule has 5 heteroatoms. The molecule has 2 heterocycles. The van der Waals surface area contributed by atoms with Gasteiger partial charge in [-0.1, -0.05) is 0 Å². The van der Waals surface area contributed by atoms with Crippen LogP contribution in [0.25, 0.3) is 0 Å². The Morgan fingerprint density at radius 1 is 1.38 bits per heavy atom. The van der Waals surface area contributed by atoms with Crippen LogP contribution in [0.1, 0.15) is 37.5 Å². The topological polar surface area (TPSA) is 62.7 Å². The SMILES string of the molecule is O=c1[nH]c(CC2CCNC2)nn1C1CCC1. The first-order chi connectivity index (χ1) is 7.83. The average molecular weight is 222 g/mol. The molecule has 1 aliphatic carbocycles. The van der Waals surface area contributed by atoms with Crippen LogP contribution in [0.15, 0.2) is 4.79 Å². The summed E-state index contributed by atoms with van der Waals surface area (Å²) >= 11 is 0. The molecule has 2 fully saturated rings. The number of hydrogen-bond donors (Lipinski definition) is 2. The first-order valence-corrected chi connectivity index (χ1v) is 6.21. The highest BCUT2D eigenvalue weighted by Gasteiger charge is 2.24. The Hall–Kier alpha value is -1.10. The van der Waals surface area contributed by atoms with E-state index in [0.717, 1.165) is 38.2 Å². The quantitative estimate of drug-likeness (QED) is 0.780. The molecule has 0 radical (unpaired) electrons. The van der Waals surface area contributed by atoms with Crippen LogP contribution in [0.2, 0.25) is 0 Å². The van der Waals surface area contributed by atoms with Crippen LogP contribution in [0, 0.1) is 5.92 Å². The van der Waals surface area contributed by atoms with Crippen molar-refractivity contribution in [1.82, 2.24) is 20.1 Å². The van der Waals surface area contributed by atoms with Crippen molar-refractivity contribution < 1.29 is 0 Å². The fourth-order valence-corrected chi connectivity index (χ4v) is 2.51. The summed E-state index contributed by atoms with van der Waals surface area (Å²) in [6.45, 7) is 2.15. The van der Waals surface area contributed by atoms with E-state index in [1.165, 1.54) is 12.8 Å². The predicted molar refractivity (Wildman–Crippen MR) is 60.4 cm³/mol. The van der Waals surface area contributed by atoms with Crippen molar-refractivity contribution in [2.45, 2.75) is 38.1 Å². The summed E-state index contributed by atoms with van der Waals surface area (Å²) in [5, 5.41) is 7.75. The highest BCUT2D eigenvalue weighted by molar-refractivity contribution is 4.90. The molecule has 1 aromatic heterocycles. The molecule has 0 amide bonds. The maximum absolute atomic E-state index is 11.7. The van der Waals surface area contributed by atoms with E-state index in [-0.39, 0.29) is 5.69 Å². The first kappa shape index (κ1) is 10.1. The van der Waals surface area contributed by atoms with Gasteiger partial charge < -0.3 is 5.32 Å². The summed E-state index contributed by atoms with van der Waals surface area (Å²) in [7, 11) is 0. The van der Waals surface area contributed by atoms with Crippen molar-refractivity contribution in [2.75, 3.05) is 13.1 Å². The molecule has 88 valence electrons. The number of aromatic nitrogens is 3. The smallest absolute Gasteiger partial charge is 0.316 e. The van der Waals surface area contributed by atoms with E-state index >= 15 is 0 Å². The Morgan fingerprint density at radius 3 is 2.88 bits per heavy atom. The lowest BCUT2D eigenvalue weighted by Gasteiger charge is -2.24. The summed E-state index contributed by atoms with van der Waals surface area (Å²) in [4.78, 5) is 14.6. The normalized spacial score (nSPS) is 25.9. The Balaban J connectivity index is 1.72. The molecule has 2 aliphatic rings. The van der Waals surface area contributed by atoms with Crippen LogP contribution in [0.3, 0.4) is 0 Å². The zero-order valence-corrected chi connectivity index (χ0v) is 9.41. The van der Waals surface area contributed by atoms with Crippen LogP contribution in [0.5, 0.6) is 0 Å². The molecule has 1 saturated carbocycles. The van der Waals surface area contributed by atoms with Gasteiger partial charge in [-0.25, -0.2) is 9.48 Å². The molecule has 1 saturated heterocycles. The summed E-state index contributed by atoms with van der Waals surface area (Å²) in [6.07, 6.45) is 5.54. The van der Waals surface area contributed by atoms with E-state index < -0.39 is 0 Å². The maximum Gasteiger partial charge on any atom is 0.343 e. The molecule has 1 atom stereocenters. The minimum atomic E-state index is -0.0225. The highest BCUT2D eigenvalue weighted by Crippen LogP contribution is 2.29. The van der Waals surface area contributed by atoms with Crippen molar-refractivity contribution in [1.29, 1.82) is 0 Å². The number of nitrogens with one attached hydrogen (secondary N) is 2. The standard InChI is InChI=1S/C11H18N4O/c16-11-13-10(6-8-4-5-12-7-8)14-15(11)9-2-1-3-9/h8-9,12H,1-7H2,(H,13,14,16). The number of rotatable bonds is 3. The molecule has 1 aromatic rings. The molecule has 0 bridgehead atoms. The Kier molecular flexibility index (Phi) is 2.55. The van der Waals surface area contributed by atoms with Gasteiger partial charge in [-0.3, -0.25) is 4.98 Å². The van der Waals surface area contributed by atoms with Crippen LogP contribution in [0.4, 0.5) is 0 Å². The average Bonchev–Trinajstić information content (AvgIpc) is 2.76. The van der Waals surface area contributed by atoms with Crippen LogP contribution >= 0.6 is 0 Å². The van der Waals surface area contributed by atoms with E-state index in [2.05, 4.69) is 15.4 Å². The third kappa shape index (κ3) is 1.80. The molecular formula is C11H18N4O. The van der Waals surface area contributed by atoms with E-state index in [4.69, 9.17) is 0 Å². The third-order valence-electron chi connectivity index (χ3n) is 3.75. The molecule has 3 rings (SSSR count). The number of aromatic amines is 1.